The Morgan fingerprint density at radius 1 is 1.25 bits per heavy atom. The quantitative estimate of drug-likeness (QED) is 0.597. The largest absolute Gasteiger partial charge is 0.497 e. The number of hydrogen-bond acceptors (Lipinski definition) is 7. The van der Waals surface area contributed by atoms with Crippen LogP contribution in [0.1, 0.15) is 0 Å². The number of thioether (sulfide) groups is 1. The van der Waals surface area contributed by atoms with E-state index in [1.807, 2.05) is 0 Å². The molecule has 2 heterocycles. The van der Waals surface area contributed by atoms with Gasteiger partial charge in [-0.05, 0) is 29.8 Å². The highest BCUT2D eigenvalue weighted by Gasteiger charge is 2.54. The lowest BCUT2D eigenvalue weighted by molar-refractivity contribution is -0.151. The number of carboxylic acids is 1. The Balaban J connectivity index is 1.58. The van der Waals surface area contributed by atoms with Crippen LogP contribution in [-0.2, 0) is 19.1 Å². The molecule has 0 radical (unpaired) electrons. The third-order valence-electron chi connectivity index (χ3n) is 4.31. The molecule has 10 heteroatoms. The summed E-state index contributed by atoms with van der Waals surface area (Å²) in [5, 5.41) is 11.6. The minimum absolute atomic E-state index is 0.0596. The van der Waals surface area contributed by atoms with Crippen LogP contribution in [0.4, 0.5) is 0 Å². The summed E-state index contributed by atoms with van der Waals surface area (Å²) in [6.45, 7) is -0.123. The fourth-order valence-corrected chi connectivity index (χ4v) is 4.33. The van der Waals surface area contributed by atoms with Crippen molar-refractivity contribution in [3.63, 3.8) is 0 Å². The average molecular weight is 408 g/mol. The summed E-state index contributed by atoms with van der Waals surface area (Å²) in [5.41, 5.74) is 0.479. The maximum Gasteiger partial charge on any atom is 0.352 e. The number of β-lactam (4-membered cyclic amide) rings is 1. The molecular weight excluding hydrogens is 388 g/mol. The van der Waals surface area contributed by atoms with Crippen molar-refractivity contribution < 1.29 is 33.7 Å². The molecule has 1 aromatic rings. The Hall–Kier alpha value is -2.72. The van der Waals surface area contributed by atoms with Crippen molar-refractivity contribution in [1.29, 1.82) is 0 Å². The molecule has 1 aromatic carbocycles. The van der Waals surface area contributed by atoms with E-state index in [4.69, 9.17) is 14.2 Å². The summed E-state index contributed by atoms with van der Waals surface area (Å²) in [7, 11) is 3.02. The van der Waals surface area contributed by atoms with Crippen LogP contribution < -0.4 is 14.8 Å². The number of ether oxygens (including phenoxy) is 3. The molecule has 0 saturated carbocycles. The molecule has 3 rings (SSSR count). The van der Waals surface area contributed by atoms with Crippen molar-refractivity contribution in [2.75, 3.05) is 33.2 Å². The summed E-state index contributed by atoms with van der Waals surface area (Å²) in [6.07, 6.45) is 0. The molecule has 2 N–H and O–H groups in total. The number of rotatable bonds is 8. The van der Waals surface area contributed by atoms with E-state index in [0.717, 1.165) is 0 Å². The van der Waals surface area contributed by atoms with E-state index in [1.165, 1.54) is 23.8 Å². The molecule has 0 bridgehead atoms. The van der Waals surface area contributed by atoms with Crippen molar-refractivity contribution in [2.24, 2.45) is 0 Å². The van der Waals surface area contributed by atoms with Crippen LogP contribution in [0.25, 0.3) is 0 Å². The lowest BCUT2D eigenvalue weighted by atomic mass is 10.0. The van der Waals surface area contributed by atoms with E-state index in [-0.39, 0.29) is 18.9 Å². The van der Waals surface area contributed by atoms with E-state index in [9.17, 15) is 19.5 Å². The number of benzene rings is 1. The molecule has 1 saturated heterocycles. The Labute approximate surface area is 165 Å². The molecule has 9 nitrogen and oxygen atoms in total. The first kappa shape index (κ1) is 20.0. The van der Waals surface area contributed by atoms with E-state index in [2.05, 4.69) is 5.32 Å². The van der Waals surface area contributed by atoms with Crippen LogP contribution in [-0.4, -0.2) is 72.4 Å². The van der Waals surface area contributed by atoms with Crippen LogP contribution >= 0.6 is 11.8 Å². The second-order valence-electron chi connectivity index (χ2n) is 6.11. The van der Waals surface area contributed by atoms with Crippen molar-refractivity contribution in [1.82, 2.24) is 10.2 Å². The van der Waals surface area contributed by atoms with Gasteiger partial charge in [0.15, 0.2) is 6.61 Å². The monoisotopic (exact) mass is 408 g/mol. The second-order valence-corrected chi connectivity index (χ2v) is 7.21. The first-order valence-electron chi connectivity index (χ1n) is 8.41. The number of carboxylic acid groups (broad SMARTS) is 1. The minimum Gasteiger partial charge on any atom is -0.497 e. The summed E-state index contributed by atoms with van der Waals surface area (Å²) in [5.74, 6) is -0.526. The van der Waals surface area contributed by atoms with Gasteiger partial charge < -0.3 is 24.6 Å². The zero-order chi connectivity index (χ0) is 20.3. The van der Waals surface area contributed by atoms with Gasteiger partial charge in [0.1, 0.15) is 28.6 Å². The standard InChI is InChI=1S/C18H20N2O7S/c1-25-7-10-9-28-17-14(16(22)20(17)15(10)18(23)24)19-13(21)8-27-12-5-3-11(26-2)4-6-12/h3-6,14,17H,7-9H2,1-2H3,(H,19,21)(H,23,24)/t14?,17-/m1/s1. The Morgan fingerprint density at radius 3 is 2.54 bits per heavy atom. The van der Waals surface area contributed by atoms with Crippen LogP contribution in [0, 0.1) is 0 Å². The Bertz CT molecular complexity index is 809. The molecule has 150 valence electrons. The van der Waals surface area contributed by atoms with Gasteiger partial charge in [0.2, 0.25) is 0 Å². The molecule has 2 amide bonds. The number of aliphatic carboxylic acids is 1. The normalized spacial score (nSPS) is 20.9. The summed E-state index contributed by atoms with van der Waals surface area (Å²) >= 11 is 1.39. The summed E-state index contributed by atoms with van der Waals surface area (Å²) in [6, 6.07) is 5.96. The number of methoxy groups -OCH3 is 2. The third kappa shape index (κ3) is 3.92. The zero-order valence-corrected chi connectivity index (χ0v) is 16.2. The van der Waals surface area contributed by atoms with Gasteiger partial charge in [0.05, 0.1) is 13.7 Å². The third-order valence-corrected chi connectivity index (χ3v) is 5.65. The molecule has 2 aliphatic heterocycles. The van der Waals surface area contributed by atoms with Gasteiger partial charge in [-0.1, -0.05) is 0 Å². The van der Waals surface area contributed by atoms with Gasteiger partial charge in [0, 0.05) is 12.9 Å². The molecular formula is C18H20N2O7S. The van der Waals surface area contributed by atoms with E-state index in [0.29, 0.717) is 22.8 Å². The molecule has 0 spiro atoms. The van der Waals surface area contributed by atoms with Crippen molar-refractivity contribution in [3.05, 3.63) is 35.5 Å². The Morgan fingerprint density at radius 2 is 1.93 bits per heavy atom. The van der Waals surface area contributed by atoms with E-state index in [1.54, 1.807) is 31.4 Å². The van der Waals surface area contributed by atoms with Crippen LogP contribution in [0.3, 0.4) is 0 Å². The van der Waals surface area contributed by atoms with Crippen LogP contribution in [0.5, 0.6) is 11.5 Å². The molecule has 2 aliphatic rings. The number of fused-ring (bicyclic) bond motifs is 1. The fourth-order valence-electron chi connectivity index (χ4n) is 3.00. The molecule has 1 fully saturated rings. The first-order chi connectivity index (χ1) is 13.5. The van der Waals surface area contributed by atoms with Gasteiger partial charge in [-0.3, -0.25) is 14.5 Å². The minimum atomic E-state index is -1.18. The number of carbonyl (C=O) groups is 3. The predicted octanol–water partition coefficient (Wildman–Crippen LogP) is 0.459. The number of nitrogens with one attached hydrogen (secondary N) is 1. The Kier molecular flexibility index (Phi) is 6.10. The SMILES string of the molecule is COCC1=C(C(=O)O)N2C(=O)C(NC(=O)COc3ccc(OC)cc3)[C@H]2SC1. The highest BCUT2D eigenvalue weighted by Crippen LogP contribution is 2.40. The smallest absolute Gasteiger partial charge is 0.352 e. The van der Waals surface area contributed by atoms with Crippen LogP contribution in [0.15, 0.2) is 35.5 Å². The number of amides is 2. The van der Waals surface area contributed by atoms with E-state index >= 15 is 0 Å². The molecule has 2 atom stereocenters. The highest BCUT2D eigenvalue weighted by molar-refractivity contribution is 8.00. The lowest BCUT2D eigenvalue weighted by Gasteiger charge is -2.49. The molecule has 1 unspecified atom stereocenters. The number of carbonyl (C=O) groups excluding carboxylic acids is 2. The van der Waals surface area contributed by atoms with Gasteiger partial charge in [-0.25, -0.2) is 4.79 Å². The maximum atomic E-state index is 12.4. The zero-order valence-electron chi connectivity index (χ0n) is 15.3. The summed E-state index contributed by atoms with van der Waals surface area (Å²) < 4.78 is 15.5. The molecule has 0 aromatic heterocycles. The number of hydrogen-bond donors (Lipinski definition) is 2. The van der Waals surface area contributed by atoms with Gasteiger partial charge in [0.25, 0.3) is 11.8 Å². The fraction of sp³-hybridized carbons (Fsp3) is 0.389. The first-order valence-corrected chi connectivity index (χ1v) is 9.46. The molecule has 0 aliphatic carbocycles. The van der Waals surface area contributed by atoms with Gasteiger partial charge in [-0.2, -0.15) is 0 Å². The second kappa shape index (κ2) is 8.53. The van der Waals surface area contributed by atoms with E-state index < -0.39 is 29.2 Å². The van der Waals surface area contributed by atoms with Crippen LogP contribution in [0.2, 0.25) is 0 Å². The average Bonchev–Trinajstić information content (AvgIpc) is 2.70. The van der Waals surface area contributed by atoms with Gasteiger partial charge in [-0.15, -0.1) is 11.8 Å². The highest BCUT2D eigenvalue weighted by atomic mass is 32.2. The molecule has 28 heavy (non-hydrogen) atoms. The lowest BCUT2D eigenvalue weighted by Crippen LogP contribution is -2.71. The summed E-state index contributed by atoms with van der Waals surface area (Å²) in [4.78, 5) is 37.4. The van der Waals surface area contributed by atoms with Crippen molar-refractivity contribution in [3.8, 4) is 11.5 Å². The van der Waals surface area contributed by atoms with Crippen molar-refractivity contribution in [2.45, 2.75) is 11.4 Å². The van der Waals surface area contributed by atoms with Gasteiger partial charge >= 0.3 is 5.97 Å². The number of nitrogens with zero attached hydrogens (tertiary/aromatic N) is 1. The predicted molar refractivity (Wildman–Crippen MR) is 100 cm³/mol. The van der Waals surface area contributed by atoms with Crippen molar-refractivity contribution >= 4 is 29.5 Å². The maximum absolute atomic E-state index is 12.4. The topological polar surface area (TPSA) is 114 Å².